The Morgan fingerprint density at radius 1 is 1.21 bits per heavy atom. The second kappa shape index (κ2) is 5.52. The molecule has 128 valence electrons. The topological polar surface area (TPSA) is 19.0 Å². The zero-order chi connectivity index (χ0) is 17.0. The van der Waals surface area contributed by atoms with Crippen molar-refractivity contribution in [1.82, 2.24) is 4.90 Å². The van der Waals surface area contributed by atoms with Crippen LogP contribution in [0.15, 0.2) is 24.4 Å². The number of rotatable bonds is 1. The first-order valence-corrected chi connectivity index (χ1v) is 8.56. The maximum absolute atomic E-state index is 15.0. The molecule has 4 nitrogen and oxygen atoms in total. The molecule has 0 spiro atoms. The van der Waals surface area contributed by atoms with E-state index in [0.29, 0.717) is 18.0 Å². The smallest absolute Gasteiger partial charge is 0.169 e. The number of halogens is 1. The van der Waals surface area contributed by atoms with E-state index in [1.165, 1.54) is 0 Å². The largest absolute Gasteiger partial charge is 0.487 e. The molecule has 0 aliphatic carbocycles. The summed E-state index contributed by atoms with van der Waals surface area (Å²) in [5.41, 5.74) is 4.39. The van der Waals surface area contributed by atoms with Gasteiger partial charge in [-0.15, -0.1) is 0 Å². The predicted molar refractivity (Wildman–Crippen MR) is 96.3 cm³/mol. The molecule has 5 heteroatoms. The summed E-state index contributed by atoms with van der Waals surface area (Å²) in [6.07, 6.45) is 2.12. The fraction of sp³-hybridized carbons (Fsp3) is 0.474. The molecule has 3 aliphatic rings. The van der Waals surface area contributed by atoms with Gasteiger partial charge in [-0.1, -0.05) is 6.58 Å². The zero-order valence-corrected chi connectivity index (χ0v) is 14.6. The quantitative estimate of drug-likeness (QED) is 0.788. The Labute approximate surface area is 142 Å². The van der Waals surface area contributed by atoms with Gasteiger partial charge in [0, 0.05) is 37.9 Å². The molecular formula is C19H24FN3O. The maximum Gasteiger partial charge on any atom is 0.169 e. The van der Waals surface area contributed by atoms with Gasteiger partial charge < -0.3 is 19.4 Å². The summed E-state index contributed by atoms with van der Waals surface area (Å²) >= 11 is 0. The van der Waals surface area contributed by atoms with Crippen molar-refractivity contribution < 1.29 is 9.13 Å². The number of benzene rings is 1. The Morgan fingerprint density at radius 2 is 1.92 bits per heavy atom. The number of hydrogen-bond donors (Lipinski definition) is 0. The highest BCUT2D eigenvalue weighted by atomic mass is 19.1. The second-order valence-electron chi connectivity index (χ2n) is 7.08. The number of anilines is 2. The first-order chi connectivity index (χ1) is 11.5. The Bertz CT molecular complexity index is 735. The maximum atomic E-state index is 15.0. The molecule has 24 heavy (non-hydrogen) atoms. The minimum atomic E-state index is -0.210. The summed E-state index contributed by atoms with van der Waals surface area (Å²) in [4.78, 5) is 6.60. The Kier molecular flexibility index (Phi) is 3.57. The lowest BCUT2D eigenvalue weighted by molar-refractivity contribution is 0.272. The Morgan fingerprint density at radius 3 is 2.62 bits per heavy atom. The lowest BCUT2D eigenvalue weighted by atomic mass is 9.92. The first-order valence-electron chi connectivity index (χ1n) is 8.56. The highest BCUT2D eigenvalue weighted by Crippen LogP contribution is 2.51. The monoisotopic (exact) mass is 329 g/mol. The van der Waals surface area contributed by atoms with Crippen LogP contribution in [0, 0.1) is 5.82 Å². The van der Waals surface area contributed by atoms with Crippen molar-refractivity contribution in [1.29, 1.82) is 0 Å². The number of hydrogen-bond acceptors (Lipinski definition) is 4. The summed E-state index contributed by atoms with van der Waals surface area (Å²) in [5, 5.41) is 0. The summed E-state index contributed by atoms with van der Waals surface area (Å²) in [7, 11) is 2.10. The van der Waals surface area contributed by atoms with Crippen LogP contribution in [0.2, 0.25) is 0 Å². The number of piperazine rings is 1. The van der Waals surface area contributed by atoms with Crippen molar-refractivity contribution in [3.8, 4) is 5.75 Å². The van der Waals surface area contributed by atoms with E-state index < -0.39 is 0 Å². The van der Waals surface area contributed by atoms with E-state index in [1.807, 2.05) is 6.92 Å². The first kappa shape index (κ1) is 15.5. The highest BCUT2D eigenvalue weighted by molar-refractivity contribution is 5.94. The third-order valence-corrected chi connectivity index (χ3v) is 5.34. The van der Waals surface area contributed by atoms with Gasteiger partial charge in [-0.3, -0.25) is 0 Å². The molecule has 0 N–H and O–H groups in total. The van der Waals surface area contributed by atoms with Gasteiger partial charge in [0.1, 0.15) is 12.3 Å². The van der Waals surface area contributed by atoms with E-state index in [9.17, 15) is 0 Å². The molecule has 0 aromatic heterocycles. The summed E-state index contributed by atoms with van der Waals surface area (Å²) in [5.74, 6) is 0.469. The van der Waals surface area contributed by atoms with Crippen molar-refractivity contribution in [2.45, 2.75) is 19.9 Å². The molecule has 1 aromatic carbocycles. The van der Waals surface area contributed by atoms with Crippen LogP contribution in [0.5, 0.6) is 5.75 Å². The molecule has 4 rings (SSSR count). The second-order valence-corrected chi connectivity index (χ2v) is 7.08. The van der Waals surface area contributed by atoms with Gasteiger partial charge in [0.25, 0.3) is 0 Å². The van der Waals surface area contributed by atoms with Crippen molar-refractivity contribution in [2.75, 3.05) is 49.6 Å². The molecule has 0 radical (unpaired) electrons. The third kappa shape index (κ3) is 2.22. The van der Waals surface area contributed by atoms with Crippen LogP contribution in [0.3, 0.4) is 0 Å². The van der Waals surface area contributed by atoms with Crippen LogP contribution in [0.4, 0.5) is 15.8 Å². The predicted octanol–water partition coefficient (Wildman–Crippen LogP) is 3.10. The number of allylic oxidation sites excluding steroid dienone is 2. The molecule has 1 unspecified atom stereocenters. The van der Waals surface area contributed by atoms with E-state index >= 15 is 4.39 Å². The van der Waals surface area contributed by atoms with Crippen LogP contribution in [0.1, 0.15) is 19.4 Å². The fourth-order valence-corrected chi connectivity index (χ4v) is 3.75. The van der Waals surface area contributed by atoms with Gasteiger partial charge in [-0.2, -0.15) is 0 Å². The van der Waals surface area contributed by atoms with Gasteiger partial charge in [0.05, 0.1) is 11.7 Å². The summed E-state index contributed by atoms with van der Waals surface area (Å²) < 4.78 is 21.1. The van der Waals surface area contributed by atoms with Crippen LogP contribution in [-0.2, 0) is 0 Å². The summed E-state index contributed by atoms with van der Waals surface area (Å²) in [6, 6.07) is 1.87. The molecule has 1 saturated heterocycles. The van der Waals surface area contributed by atoms with E-state index in [1.54, 1.807) is 6.07 Å². The molecule has 1 aromatic rings. The van der Waals surface area contributed by atoms with Crippen molar-refractivity contribution in [2.24, 2.45) is 0 Å². The zero-order valence-electron chi connectivity index (χ0n) is 14.6. The van der Waals surface area contributed by atoms with E-state index in [4.69, 9.17) is 4.74 Å². The average molecular weight is 329 g/mol. The van der Waals surface area contributed by atoms with Crippen molar-refractivity contribution in [3.63, 3.8) is 0 Å². The lowest BCUT2D eigenvalue weighted by Gasteiger charge is -2.42. The fourth-order valence-electron chi connectivity index (χ4n) is 3.75. The van der Waals surface area contributed by atoms with E-state index in [2.05, 4.69) is 41.5 Å². The lowest BCUT2D eigenvalue weighted by Crippen LogP contribution is -2.46. The van der Waals surface area contributed by atoms with E-state index in [0.717, 1.165) is 48.6 Å². The van der Waals surface area contributed by atoms with Crippen molar-refractivity contribution in [3.05, 3.63) is 35.8 Å². The highest BCUT2D eigenvalue weighted by Gasteiger charge is 2.35. The molecule has 3 heterocycles. The van der Waals surface area contributed by atoms with Crippen LogP contribution in [0.25, 0.3) is 5.57 Å². The Balaban J connectivity index is 1.87. The van der Waals surface area contributed by atoms with E-state index in [-0.39, 0.29) is 11.9 Å². The molecular weight excluding hydrogens is 305 g/mol. The molecule has 0 amide bonds. The number of likely N-dealkylation sites (N-methyl/N-ethyl adjacent to an activating group) is 1. The van der Waals surface area contributed by atoms with Crippen molar-refractivity contribution >= 4 is 16.9 Å². The minimum Gasteiger partial charge on any atom is -0.487 e. The third-order valence-electron chi connectivity index (χ3n) is 5.34. The SMILES string of the molecule is C=C1C(C)=CN2c3c1cc(F)c(N1CCN(C)CC1)c3OCC2C. The Hall–Kier alpha value is -2.01. The molecule has 0 saturated carbocycles. The molecule has 3 aliphatic heterocycles. The van der Waals surface area contributed by atoms with Gasteiger partial charge in [-0.05, 0) is 38.1 Å². The van der Waals surface area contributed by atoms with Gasteiger partial charge in [-0.25, -0.2) is 4.39 Å². The number of ether oxygens (including phenoxy) is 1. The normalized spacial score (nSPS) is 23.8. The molecule has 1 atom stereocenters. The van der Waals surface area contributed by atoms with Gasteiger partial charge in [0.15, 0.2) is 11.6 Å². The number of nitrogens with zero attached hydrogens (tertiary/aromatic N) is 3. The molecule has 0 bridgehead atoms. The van der Waals surface area contributed by atoms with Gasteiger partial charge in [0.2, 0.25) is 0 Å². The summed E-state index contributed by atoms with van der Waals surface area (Å²) in [6.45, 7) is 12.4. The van der Waals surface area contributed by atoms with Crippen LogP contribution < -0.4 is 14.5 Å². The van der Waals surface area contributed by atoms with Crippen LogP contribution in [-0.4, -0.2) is 50.8 Å². The van der Waals surface area contributed by atoms with Gasteiger partial charge >= 0.3 is 0 Å². The standard InChI is InChI=1S/C19H24FN3O/c1-12-10-23-13(2)11-24-19-17(23)15(14(12)3)9-16(20)18(19)22-7-5-21(4)6-8-22/h9-10,13H,3,5-8,11H2,1-2,4H3. The average Bonchev–Trinajstić information content (AvgIpc) is 2.56. The molecule has 1 fully saturated rings. The minimum absolute atomic E-state index is 0.210. The van der Waals surface area contributed by atoms with Crippen LogP contribution >= 0.6 is 0 Å².